The number of benzene rings is 1. The highest BCUT2D eigenvalue weighted by atomic mass is 16.5. The highest BCUT2D eigenvalue weighted by Crippen LogP contribution is 2.22. The number of amides is 1. The highest BCUT2D eigenvalue weighted by Gasteiger charge is 2.21. The Bertz CT molecular complexity index is 828. The number of aryl methyl sites for hydroxylation is 1. The van der Waals surface area contributed by atoms with E-state index in [1.807, 2.05) is 19.1 Å². The Morgan fingerprint density at radius 1 is 1.23 bits per heavy atom. The van der Waals surface area contributed by atoms with Gasteiger partial charge < -0.3 is 15.4 Å². The standard InChI is InChI=1S/C24H34N4O2/c1-5-30-22-14-19(7-6-18(22)4)16-28-12-10-21(11-13-28)27-24(29)20-8-9-23(25-15-20)26-17(2)3/h6-9,14-15,17,21H,5,10-13,16H2,1-4H3,(H,25,26)(H,27,29). The molecule has 2 heterocycles. The SMILES string of the molecule is CCOc1cc(CN2CCC(NC(=O)c3ccc(NC(C)C)nc3)CC2)ccc1C. The van der Waals surface area contributed by atoms with Crippen molar-refractivity contribution in [2.75, 3.05) is 25.0 Å². The number of nitrogens with zero attached hydrogens (tertiary/aromatic N) is 2. The van der Waals surface area contributed by atoms with Gasteiger partial charge in [-0.05, 0) is 69.9 Å². The molecule has 1 saturated heterocycles. The third kappa shape index (κ3) is 6.20. The van der Waals surface area contributed by atoms with E-state index in [0.717, 1.165) is 44.0 Å². The Morgan fingerprint density at radius 2 is 2.00 bits per heavy atom. The molecule has 0 unspecified atom stereocenters. The lowest BCUT2D eigenvalue weighted by Crippen LogP contribution is -2.44. The Labute approximate surface area is 180 Å². The Hall–Kier alpha value is -2.60. The minimum Gasteiger partial charge on any atom is -0.494 e. The van der Waals surface area contributed by atoms with Crippen molar-refractivity contribution in [1.82, 2.24) is 15.2 Å². The minimum absolute atomic E-state index is 0.0445. The number of rotatable bonds is 8. The summed E-state index contributed by atoms with van der Waals surface area (Å²) >= 11 is 0. The van der Waals surface area contributed by atoms with E-state index in [0.29, 0.717) is 18.2 Å². The van der Waals surface area contributed by atoms with Crippen LogP contribution < -0.4 is 15.4 Å². The molecule has 0 atom stereocenters. The van der Waals surface area contributed by atoms with Crippen molar-refractivity contribution in [3.63, 3.8) is 0 Å². The average Bonchev–Trinajstić information content (AvgIpc) is 2.72. The molecule has 6 heteroatoms. The topological polar surface area (TPSA) is 66.5 Å². The molecule has 1 aromatic carbocycles. The first-order chi connectivity index (χ1) is 14.4. The van der Waals surface area contributed by atoms with Gasteiger partial charge in [0.15, 0.2) is 0 Å². The van der Waals surface area contributed by atoms with Crippen LogP contribution in [0.1, 0.15) is 55.1 Å². The van der Waals surface area contributed by atoms with Crippen LogP contribution in [0.25, 0.3) is 0 Å². The molecular weight excluding hydrogens is 376 g/mol. The number of nitrogens with one attached hydrogen (secondary N) is 2. The first kappa shape index (κ1) is 22.1. The van der Waals surface area contributed by atoms with Gasteiger partial charge in [0, 0.05) is 37.9 Å². The number of aromatic nitrogens is 1. The van der Waals surface area contributed by atoms with Crippen LogP contribution in [0.4, 0.5) is 5.82 Å². The van der Waals surface area contributed by atoms with Crippen molar-refractivity contribution in [2.24, 2.45) is 0 Å². The van der Waals surface area contributed by atoms with Gasteiger partial charge in [-0.3, -0.25) is 9.69 Å². The van der Waals surface area contributed by atoms with Gasteiger partial charge in [-0.2, -0.15) is 0 Å². The van der Waals surface area contributed by atoms with Crippen molar-refractivity contribution < 1.29 is 9.53 Å². The molecule has 0 aliphatic carbocycles. The van der Waals surface area contributed by atoms with Crippen LogP contribution in [0.5, 0.6) is 5.75 Å². The zero-order valence-electron chi connectivity index (χ0n) is 18.6. The van der Waals surface area contributed by atoms with Crippen molar-refractivity contribution >= 4 is 11.7 Å². The number of carbonyl (C=O) groups excluding carboxylic acids is 1. The average molecular weight is 411 g/mol. The molecule has 1 amide bonds. The number of hydrogen-bond acceptors (Lipinski definition) is 5. The second kappa shape index (κ2) is 10.4. The van der Waals surface area contributed by atoms with Crippen molar-refractivity contribution in [1.29, 1.82) is 0 Å². The Kier molecular flexibility index (Phi) is 7.69. The normalized spacial score (nSPS) is 15.2. The van der Waals surface area contributed by atoms with Crippen LogP contribution in [0.15, 0.2) is 36.5 Å². The third-order valence-corrected chi connectivity index (χ3v) is 5.34. The molecule has 0 bridgehead atoms. The first-order valence-electron chi connectivity index (χ1n) is 10.9. The van der Waals surface area contributed by atoms with Crippen LogP contribution in [0.3, 0.4) is 0 Å². The van der Waals surface area contributed by atoms with Crippen LogP contribution >= 0.6 is 0 Å². The molecule has 1 aliphatic heterocycles. The van der Waals surface area contributed by atoms with Gasteiger partial charge in [0.1, 0.15) is 11.6 Å². The summed E-state index contributed by atoms with van der Waals surface area (Å²) in [5.74, 6) is 1.72. The summed E-state index contributed by atoms with van der Waals surface area (Å²) in [7, 11) is 0. The van der Waals surface area contributed by atoms with Gasteiger partial charge in [0.2, 0.25) is 0 Å². The van der Waals surface area contributed by atoms with Gasteiger partial charge in [0.25, 0.3) is 5.91 Å². The van der Waals surface area contributed by atoms with E-state index < -0.39 is 0 Å². The van der Waals surface area contributed by atoms with E-state index in [2.05, 4.69) is 59.5 Å². The summed E-state index contributed by atoms with van der Waals surface area (Å²) in [5.41, 5.74) is 3.05. The van der Waals surface area contributed by atoms with Crippen molar-refractivity contribution in [2.45, 2.75) is 59.2 Å². The maximum absolute atomic E-state index is 12.6. The van der Waals surface area contributed by atoms with E-state index in [9.17, 15) is 4.79 Å². The lowest BCUT2D eigenvalue weighted by atomic mass is 10.0. The fraction of sp³-hybridized carbons (Fsp3) is 0.500. The summed E-state index contributed by atoms with van der Waals surface area (Å²) < 4.78 is 5.72. The maximum Gasteiger partial charge on any atom is 0.253 e. The smallest absolute Gasteiger partial charge is 0.253 e. The summed E-state index contributed by atoms with van der Waals surface area (Å²) in [4.78, 5) is 19.3. The number of ether oxygens (including phenoxy) is 1. The first-order valence-corrected chi connectivity index (χ1v) is 10.9. The second-order valence-electron chi connectivity index (χ2n) is 8.29. The third-order valence-electron chi connectivity index (χ3n) is 5.34. The fourth-order valence-electron chi connectivity index (χ4n) is 3.73. The van der Waals surface area contributed by atoms with Gasteiger partial charge in [-0.15, -0.1) is 0 Å². The van der Waals surface area contributed by atoms with E-state index in [1.54, 1.807) is 6.20 Å². The zero-order chi connectivity index (χ0) is 21.5. The van der Waals surface area contributed by atoms with Crippen molar-refractivity contribution in [3.8, 4) is 5.75 Å². The zero-order valence-corrected chi connectivity index (χ0v) is 18.6. The molecular formula is C24H34N4O2. The minimum atomic E-state index is -0.0445. The molecule has 2 N–H and O–H groups in total. The van der Waals surface area contributed by atoms with E-state index in [4.69, 9.17) is 4.74 Å². The van der Waals surface area contributed by atoms with Crippen LogP contribution in [-0.4, -0.2) is 47.6 Å². The van der Waals surface area contributed by atoms with Gasteiger partial charge in [-0.25, -0.2) is 4.98 Å². The number of hydrogen-bond donors (Lipinski definition) is 2. The molecule has 0 saturated carbocycles. The summed E-state index contributed by atoms with van der Waals surface area (Å²) in [5, 5.41) is 6.40. The van der Waals surface area contributed by atoms with E-state index in [-0.39, 0.29) is 11.9 Å². The highest BCUT2D eigenvalue weighted by molar-refractivity contribution is 5.94. The summed E-state index contributed by atoms with van der Waals surface area (Å²) in [6, 6.07) is 10.7. The molecule has 1 aromatic heterocycles. The molecule has 30 heavy (non-hydrogen) atoms. The maximum atomic E-state index is 12.6. The number of likely N-dealkylation sites (tertiary alicyclic amines) is 1. The summed E-state index contributed by atoms with van der Waals surface area (Å²) in [6.07, 6.45) is 3.55. The molecule has 3 rings (SSSR count). The van der Waals surface area contributed by atoms with Crippen molar-refractivity contribution in [3.05, 3.63) is 53.2 Å². The monoisotopic (exact) mass is 410 g/mol. The van der Waals surface area contributed by atoms with E-state index >= 15 is 0 Å². The largest absolute Gasteiger partial charge is 0.494 e. The predicted molar refractivity (Wildman–Crippen MR) is 121 cm³/mol. The molecule has 6 nitrogen and oxygen atoms in total. The van der Waals surface area contributed by atoms with Gasteiger partial charge in [0.05, 0.1) is 12.2 Å². The lowest BCUT2D eigenvalue weighted by molar-refractivity contribution is 0.0908. The number of pyridine rings is 1. The summed E-state index contributed by atoms with van der Waals surface area (Å²) in [6.45, 7) is 11.7. The molecule has 1 fully saturated rings. The molecule has 162 valence electrons. The molecule has 0 radical (unpaired) electrons. The number of anilines is 1. The second-order valence-corrected chi connectivity index (χ2v) is 8.29. The van der Waals surface area contributed by atoms with E-state index in [1.165, 1.54) is 11.1 Å². The quantitative estimate of drug-likeness (QED) is 0.688. The molecule has 2 aromatic rings. The van der Waals surface area contributed by atoms with Crippen LogP contribution in [0, 0.1) is 6.92 Å². The predicted octanol–water partition coefficient (Wildman–Crippen LogP) is 4.00. The van der Waals surface area contributed by atoms with Crippen LogP contribution in [0.2, 0.25) is 0 Å². The van der Waals surface area contributed by atoms with Gasteiger partial charge in [-0.1, -0.05) is 12.1 Å². The lowest BCUT2D eigenvalue weighted by Gasteiger charge is -2.32. The Morgan fingerprint density at radius 3 is 2.63 bits per heavy atom. The van der Waals surface area contributed by atoms with Crippen LogP contribution in [-0.2, 0) is 6.54 Å². The van der Waals surface area contributed by atoms with Gasteiger partial charge >= 0.3 is 0 Å². The Balaban J connectivity index is 1.47. The number of piperidine rings is 1. The molecule has 1 aliphatic rings. The fourth-order valence-corrected chi connectivity index (χ4v) is 3.73. The molecule has 0 spiro atoms. The number of carbonyl (C=O) groups is 1.